The van der Waals surface area contributed by atoms with Crippen LogP contribution in [-0.4, -0.2) is 21.5 Å². The summed E-state index contributed by atoms with van der Waals surface area (Å²) in [4.78, 5) is 11.9. The van der Waals surface area contributed by atoms with Crippen LogP contribution in [0.4, 0.5) is 5.00 Å². The first-order valence-electron chi connectivity index (χ1n) is 6.46. The molecule has 0 radical (unpaired) electrons. The van der Waals surface area contributed by atoms with E-state index in [1.54, 1.807) is 37.3 Å². The third-order valence-electron chi connectivity index (χ3n) is 2.84. The van der Waals surface area contributed by atoms with E-state index < -0.39 is 16.0 Å². The number of benzene rings is 1. The Labute approximate surface area is 143 Å². The van der Waals surface area contributed by atoms with Gasteiger partial charge in [-0.1, -0.05) is 23.7 Å². The minimum Gasteiger partial charge on any atom is -0.465 e. The predicted molar refractivity (Wildman–Crippen MR) is 93.4 cm³/mol. The van der Waals surface area contributed by atoms with Gasteiger partial charge in [0.25, 0.3) is 10.0 Å². The summed E-state index contributed by atoms with van der Waals surface area (Å²) in [7, 11) is -2.41. The molecule has 0 unspecified atom stereocenters. The number of thiophene rings is 1. The van der Waals surface area contributed by atoms with Crippen LogP contribution in [0.5, 0.6) is 0 Å². The highest BCUT2D eigenvalue weighted by Gasteiger charge is 2.16. The number of carbonyl (C=O) groups is 1. The summed E-state index contributed by atoms with van der Waals surface area (Å²) in [6.45, 7) is 1.71. The molecule has 0 aliphatic rings. The molecule has 0 aliphatic heterocycles. The van der Waals surface area contributed by atoms with Crippen molar-refractivity contribution in [3.8, 4) is 0 Å². The molecule has 0 atom stereocenters. The van der Waals surface area contributed by atoms with E-state index >= 15 is 0 Å². The van der Waals surface area contributed by atoms with E-state index in [1.165, 1.54) is 13.2 Å². The van der Waals surface area contributed by atoms with Crippen LogP contribution in [0.15, 0.2) is 35.7 Å². The Kier molecular flexibility index (Phi) is 5.46. The number of hydrogen-bond donors (Lipinski definition) is 1. The summed E-state index contributed by atoms with van der Waals surface area (Å²) in [6.07, 6.45) is 1.46. The van der Waals surface area contributed by atoms with Crippen molar-refractivity contribution in [3.05, 3.63) is 56.8 Å². The lowest BCUT2D eigenvalue weighted by molar-refractivity contribution is 0.0605. The number of esters is 1. The molecule has 1 aromatic heterocycles. The van der Waals surface area contributed by atoms with E-state index in [0.717, 1.165) is 16.7 Å². The Morgan fingerprint density at radius 3 is 2.57 bits per heavy atom. The van der Waals surface area contributed by atoms with Crippen LogP contribution in [0, 0.1) is 6.92 Å². The fourth-order valence-electron chi connectivity index (χ4n) is 1.74. The van der Waals surface area contributed by atoms with Crippen LogP contribution >= 0.6 is 22.9 Å². The summed E-state index contributed by atoms with van der Waals surface area (Å²) < 4.78 is 31.2. The quantitative estimate of drug-likeness (QED) is 0.809. The lowest BCUT2D eigenvalue weighted by Crippen LogP contribution is -2.07. The van der Waals surface area contributed by atoms with Crippen molar-refractivity contribution in [3.63, 3.8) is 0 Å². The van der Waals surface area contributed by atoms with Gasteiger partial charge in [-0.15, -0.1) is 11.3 Å². The van der Waals surface area contributed by atoms with Crippen molar-refractivity contribution < 1.29 is 17.9 Å². The summed E-state index contributed by atoms with van der Waals surface area (Å²) in [5.41, 5.74) is 1.36. The molecular weight excluding hydrogens is 358 g/mol. The minimum absolute atomic E-state index is 0.351. The molecule has 122 valence electrons. The van der Waals surface area contributed by atoms with Crippen LogP contribution in [0.1, 0.15) is 20.8 Å². The molecule has 23 heavy (non-hydrogen) atoms. The third-order valence-corrected chi connectivity index (χ3v) is 5.35. The van der Waals surface area contributed by atoms with Crippen molar-refractivity contribution in [1.82, 2.24) is 0 Å². The molecule has 0 saturated carbocycles. The maximum Gasteiger partial charge on any atom is 0.348 e. The van der Waals surface area contributed by atoms with Gasteiger partial charge < -0.3 is 4.74 Å². The van der Waals surface area contributed by atoms with Gasteiger partial charge in [-0.2, -0.15) is 0 Å². The SMILES string of the molecule is COC(=O)c1sc(NS(=O)(=O)/C=C/c2ccc(Cl)cc2)cc1C. The molecule has 0 bridgehead atoms. The van der Waals surface area contributed by atoms with Gasteiger partial charge >= 0.3 is 5.97 Å². The first-order chi connectivity index (χ1) is 10.8. The van der Waals surface area contributed by atoms with E-state index in [9.17, 15) is 13.2 Å². The van der Waals surface area contributed by atoms with Gasteiger partial charge in [0, 0.05) is 5.02 Å². The van der Waals surface area contributed by atoms with Crippen LogP contribution in [-0.2, 0) is 14.8 Å². The lowest BCUT2D eigenvalue weighted by Gasteiger charge is -2.00. The Morgan fingerprint density at radius 2 is 1.96 bits per heavy atom. The van der Waals surface area contributed by atoms with Gasteiger partial charge in [-0.25, -0.2) is 13.2 Å². The molecule has 0 spiro atoms. The van der Waals surface area contributed by atoms with Crippen molar-refractivity contribution in [2.24, 2.45) is 0 Å². The number of hydrogen-bond acceptors (Lipinski definition) is 5. The van der Waals surface area contributed by atoms with Crippen LogP contribution in [0.3, 0.4) is 0 Å². The molecule has 0 amide bonds. The van der Waals surface area contributed by atoms with Crippen LogP contribution in [0.2, 0.25) is 5.02 Å². The van der Waals surface area contributed by atoms with Gasteiger partial charge in [0.1, 0.15) is 9.88 Å². The van der Waals surface area contributed by atoms with Crippen molar-refractivity contribution in [1.29, 1.82) is 0 Å². The highest BCUT2D eigenvalue weighted by molar-refractivity contribution is 7.95. The smallest absolute Gasteiger partial charge is 0.348 e. The van der Waals surface area contributed by atoms with Crippen LogP contribution < -0.4 is 4.72 Å². The van der Waals surface area contributed by atoms with Crippen molar-refractivity contribution in [2.45, 2.75) is 6.92 Å². The van der Waals surface area contributed by atoms with Gasteiger partial charge in [0.05, 0.1) is 12.5 Å². The summed E-state index contributed by atoms with van der Waals surface area (Å²) >= 11 is 6.80. The first-order valence-corrected chi connectivity index (χ1v) is 9.20. The number of halogens is 1. The molecule has 8 heteroatoms. The zero-order chi connectivity index (χ0) is 17.0. The Balaban J connectivity index is 2.15. The van der Waals surface area contributed by atoms with E-state index in [2.05, 4.69) is 9.46 Å². The molecular formula is C15H14ClNO4S2. The maximum absolute atomic E-state index is 12.1. The number of rotatable bonds is 5. The second-order valence-electron chi connectivity index (χ2n) is 4.62. The highest BCUT2D eigenvalue weighted by Crippen LogP contribution is 2.28. The summed E-state index contributed by atoms with van der Waals surface area (Å²) in [5, 5.41) is 1.99. The Bertz CT molecular complexity index is 839. The zero-order valence-corrected chi connectivity index (χ0v) is 14.8. The number of ether oxygens (including phenoxy) is 1. The normalized spacial score (nSPS) is 11.6. The fraction of sp³-hybridized carbons (Fsp3) is 0.133. The standard InChI is InChI=1S/C15H14ClNO4S2/c1-10-9-13(22-14(10)15(18)21-2)17-23(19,20)8-7-11-3-5-12(16)6-4-11/h3-9,17H,1-2H3/b8-7+. The number of sulfonamides is 1. The summed E-state index contributed by atoms with van der Waals surface area (Å²) in [5.74, 6) is -0.491. The average molecular weight is 372 g/mol. The molecule has 0 saturated heterocycles. The third kappa shape index (κ3) is 4.82. The van der Waals surface area contributed by atoms with E-state index in [-0.39, 0.29) is 0 Å². The largest absolute Gasteiger partial charge is 0.465 e. The molecule has 1 aromatic carbocycles. The second-order valence-corrected chi connectivity index (χ2v) is 7.67. The van der Waals surface area contributed by atoms with Crippen molar-refractivity contribution in [2.75, 3.05) is 11.8 Å². The predicted octanol–water partition coefficient (Wildman–Crippen LogP) is 3.91. The first kappa shape index (κ1) is 17.5. The van der Waals surface area contributed by atoms with E-state index in [1.807, 2.05) is 0 Å². The molecule has 0 fully saturated rings. The number of anilines is 1. The second kappa shape index (κ2) is 7.16. The Hall–Kier alpha value is -1.83. The van der Waals surface area contributed by atoms with E-state index in [0.29, 0.717) is 26.0 Å². The van der Waals surface area contributed by atoms with Crippen LogP contribution in [0.25, 0.3) is 6.08 Å². The zero-order valence-electron chi connectivity index (χ0n) is 12.4. The fourth-order valence-corrected chi connectivity index (χ4v) is 3.97. The van der Waals surface area contributed by atoms with Gasteiger partial charge in [-0.05, 0) is 42.3 Å². The van der Waals surface area contributed by atoms with Crippen molar-refractivity contribution >= 4 is 50.0 Å². The van der Waals surface area contributed by atoms with Gasteiger partial charge in [-0.3, -0.25) is 4.72 Å². The monoisotopic (exact) mass is 371 g/mol. The average Bonchev–Trinajstić information content (AvgIpc) is 2.85. The highest BCUT2D eigenvalue weighted by atomic mass is 35.5. The number of carbonyl (C=O) groups excluding carboxylic acids is 1. The molecule has 5 nitrogen and oxygen atoms in total. The number of nitrogens with one attached hydrogen (secondary N) is 1. The Morgan fingerprint density at radius 1 is 1.30 bits per heavy atom. The van der Waals surface area contributed by atoms with E-state index in [4.69, 9.17) is 11.6 Å². The lowest BCUT2D eigenvalue weighted by atomic mass is 10.2. The molecule has 0 aliphatic carbocycles. The number of aryl methyl sites for hydroxylation is 1. The molecule has 2 rings (SSSR count). The van der Waals surface area contributed by atoms with Gasteiger partial charge in [0.2, 0.25) is 0 Å². The van der Waals surface area contributed by atoms with Gasteiger partial charge in [0.15, 0.2) is 0 Å². The molecule has 2 aromatic rings. The molecule has 1 N–H and O–H groups in total. The molecule has 1 heterocycles. The maximum atomic E-state index is 12.1. The summed E-state index contributed by atoms with van der Waals surface area (Å²) in [6, 6.07) is 8.35. The minimum atomic E-state index is -3.68. The number of methoxy groups -OCH3 is 1. The topological polar surface area (TPSA) is 72.5 Å².